The summed E-state index contributed by atoms with van der Waals surface area (Å²) in [5.41, 5.74) is 0.0462. The number of likely N-dealkylation sites (tertiary alicyclic amines) is 2. The Morgan fingerprint density at radius 3 is 2.62 bits per heavy atom. The molecule has 0 spiro atoms. The van der Waals surface area contributed by atoms with Gasteiger partial charge in [0.1, 0.15) is 6.04 Å². The second-order valence-electron chi connectivity index (χ2n) is 8.22. The zero-order chi connectivity index (χ0) is 22.7. The lowest BCUT2D eigenvalue weighted by Gasteiger charge is -2.30. The van der Waals surface area contributed by atoms with Crippen molar-refractivity contribution in [1.82, 2.24) is 14.8 Å². The van der Waals surface area contributed by atoms with Crippen LogP contribution in [0.3, 0.4) is 0 Å². The van der Waals surface area contributed by atoms with Gasteiger partial charge in [-0.1, -0.05) is 36.4 Å². The van der Waals surface area contributed by atoms with Crippen LogP contribution in [-0.2, 0) is 35.9 Å². The van der Waals surface area contributed by atoms with Crippen LogP contribution in [0.15, 0.2) is 54.9 Å². The number of nitrogens with zero attached hydrogens (tertiary/aromatic N) is 3. The van der Waals surface area contributed by atoms with E-state index in [1.807, 2.05) is 6.07 Å². The lowest BCUT2D eigenvalue weighted by atomic mass is 9.75. The predicted molar refractivity (Wildman–Crippen MR) is 114 cm³/mol. The van der Waals surface area contributed by atoms with Gasteiger partial charge in [-0.05, 0) is 30.0 Å². The van der Waals surface area contributed by atoms with Crippen molar-refractivity contribution in [3.63, 3.8) is 0 Å². The molecule has 0 aliphatic carbocycles. The molecule has 2 aliphatic rings. The summed E-state index contributed by atoms with van der Waals surface area (Å²) in [6.45, 7) is 0.522. The fraction of sp³-hybridized carbons (Fsp3) is 0.375. The average molecular weight is 435 g/mol. The number of carbonyl (C=O) groups is 4. The number of pyridine rings is 1. The number of esters is 1. The number of rotatable bonds is 6. The fourth-order valence-corrected chi connectivity index (χ4v) is 4.66. The van der Waals surface area contributed by atoms with E-state index in [0.717, 1.165) is 5.56 Å². The van der Waals surface area contributed by atoms with Gasteiger partial charge in [0, 0.05) is 31.8 Å². The molecule has 1 unspecified atom stereocenters. The number of ether oxygens (including phenoxy) is 1. The van der Waals surface area contributed by atoms with Crippen molar-refractivity contribution < 1.29 is 23.9 Å². The molecule has 0 saturated carbocycles. The van der Waals surface area contributed by atoms with E-state index in [1.165, 1.54) is 16.9 Å². The highest BCUT2D eigenvalue weighted by atomic mass is 16.5. The van der Waals surface area contributed by atoms with Crippen molar-refractivity contribution in [2.75, 3.05) is 13.7 Å². The maximum absolute atomic E-state index is 13.7. The summed E-state index contributed by atoms with van der Waals surface area (Å²) in [7, 11) is 1.30. The normalized spacial score (nSPS) is 23.0. The smallest absolute Gasteiger partial charge is 0.328 e. The van der Waals surface area contributed by atoms with Crippen molar-refractivity contribution in [2.24, 2.45) is 0 Å². The molecule has 2 aromatic rings. The molecule has 3 heterocycles. The Balaban J connectivity index is 1.65. The highest BCUT2D eigenvalue weighted by Crippen LogP contribution is 2.41. The summed E-state index contributed by atoms with van der Waals surface area (Å²) in [5.74, 6) is -1.52. The Hall–Kier alpha value is -3.55. The maximum Gasteiger partial charge on any atom is 0.328 e. The van der Waals surface area contributed by atoms with Gasteiger partial charge in [0.05, 0.1) is 19.1 Å². The number of hydrogen-bond acceptors (Lipinski definition) is 6. The molecule has 1 aromatic heterocycles. The van der Waals surface area contributed by atoms with Crippen molar-refractivity contribution >= 4 is 23.7 Å². The summed E-state index contributed by atoms with van der Waals surface area (Å²) in [6, 6.07) is 11.8. The molecule has 2 saturated heterocycles. The van der Waals surface area contributed by atoms with E-state index in [1.54, 1.807) is 48.8 Å². The number of carbonyl (C=O) groups excluding carboxylic acids is 4. The molecule has 4 rings (SSSR count). The monoisotopic (exact) mass is 435 g/mol. The second-order valence-corrected chi connectivity index (χ2v) is 8.22. The Bertz CT molecular complexity index is 1030. The first-order valence-corrected chi connectivity index (χ1v) is 10.6. The van der Waals surface area contributed by atoms with Crippen LogP contribution in [0, 0.1) is 0 Å². The SMILES string of the molecule is COC(=O)[C@@H]1CCCN1C(=O)CC1(c2ccccc2)CC(=O)N(Cc2cccnc2)C1=O. The third kappa shape index (κ3) is 3.88. The van der Waals surface area contributed by atoms with Crippen LogP contribution in [0.1, 0.15) is 36.8 Å². The quantitative estimate of drug-likeness (QED) is 0.507. The standard InChI is InChI=1S/C24H25N3O5/c1-32-22(30)19-10-6-12-26(19)20(28)13-24(18-8-3-2-4-9-18)14-21(29)27(23(24)31)16-17-7-5-11-25-15-17/h2-5,7-9,11,15,19H,6,10,12-14,16H2,1H3/t19-,24?/m0/s1. The van der Waals surface area contributed by atoms with Crippen molar-refractivity contribution in [1.29, 1.82) is 0 Å². The van der Waals surface area contributed by atoms with Crippen LogP contribution in [0.25, 0.3) is 0 Å². The molecule has 8 nitrogen and oxygen atoms in total. The predicted octanol–water partition coefficient (Wildman–Crippen LogP) is 1.83. The number of amides is 3. The van der Waals surface area contributed by atoms with Gasteiger partial charge in [-0.25, -0.2) is 4.79 Å². The largest absolute Gasteiger partial charge is 0.467 e. The Morgan fingerprint density at radius 1 is 1.16 bits per heavy atom. The highest BCUT2D eigenvalue weighted by Gasteiger charge is 2.54. The van der Waals surface area contributed by atoms with Gasteiger partial charge >= 0.3 is 5.97 Å². The van der Waals surface area contributed by atoms with Gasteiger partial charge in [0.2, 0.25) is 17.7 Å². The van der Waals surface area contributed by atoms with Gasteiger partial charge in [0.25, 0.3) is 0 Å². The van der Waals surface area contributed by atoms with E-state index in [-0.39, 0.29) is 31.2 Å². The Morgan fingerprint density at radius 2 is 1.94 bits per heavy atom. The van der Waals surface area contributed by atoms with E-state index >= 15 is 0 Å². The number of imide groups is 1. The van der Waals surface area contributed by atoms with Crippen LogP contribution in [0.4, 0.5) is 0 Å². The molecule has 3 amide bonds. The molecular formula is C24H25N3O5. The van der Waals surface area contributed by atoms with Crippen LogP contribution in [0.2, 0.25) is 0 Å². The molecule has 0 radical (unpaired) electrons. The third-order valence-electron chi connectivity index (χ3n) is 6.30. The summed E-state index contributed by atoms with van der Waals surface area (Å²) >= 11 is 0. The minimum absolute atomic E-state index is 0.0986. The molecule has 2 aliphatic heterocycles. The maximum atomic E-state index is 13.7. The molecule has 0 bridgehead atoms. The topological polar surface area (TPSA) is 96.9 Å². The summed E-state index contributed by atoms with van der Waals surface area (Å²) < 4.78 is 4.85. The number of benzene rings is 1. The van der Waals surface area contributed by atoms with Gasteiger partial charge in [0.15, 0.2) is 0 Å². The van der Waals surface area contributed by atoms with Crippen LogP contribution in [-0.4, -0.2) is 58.2 Å². The summed E-state index contributed by atoms with van der Waals surface area (Å²) in [5, 5.41) is 0. The number of aromatic nitrogens is 1. The number of hydrogen-bond donors (Lipinski definition) is 0. The minimum atomic E-state index is -1.30. The average Bonchev–Trinajstić information content (AvgIpc) is 3.40. The van der Waals surface area contributed by atoms with Crippen LogP contribution in [0.5, 0.6) is 0 Å². The molecule has 2 atom stereocenters. The first kappa shape index (κ1) is 21.7. The summed E-state index contributed by atoms with van der Waals surface area (Å²) in [4.78, 5) is 58.9. The van der Waals surface area contributed by atoms with Crippen LogP contribution < -0.4 is 0 Å². The molecular weight excluding hydrogens is 410 g/mol. The van der Waals surface area contributed by atoms with E-state index in [2.05, 4.69) is 4.98 Å². The molecule has 32 heavy (non-hydrogen) atoms. The van der Waals surface area contributed by atoms with Gasteiger partial charge < -0.3 is 9.64 Å². The van der Waals surface area contributed by atoms with Gasteiger partial charge in [-0.2, -0.15) is 0 Å². The molecule has 2 fully saturated rings. The lowest BCUT2D eigenvalue weighted by Crippen LogP contribution is -2.46. The molecule has 8 heteroatoms. The second kappa shape index (κ2) is 8.90. The first-order valence-electron chi connectivity index (χ1n) is 10.6. The first-order chi connectivity index (χ1) is 15.5. The van der Waals surface area contributed by atoms with Gasteiger partial charge in [-0.15, -0.1) is 0 Å². The molecule has 166 valence electrons. The third-order valence-corrected chi connectivity index (χ3v) is 6.30. The van der Waals surface area contributed by atoms with E-state index in [0.29, 0.717) is 24.9 Å². The van der Waals surface area contributed by atoms with Crippen molar-refractivity contribution in [3.05, 3.63) is 66.0 Å². The molecule has 1 aromatic carbocycles. The minimum Gasteiger partial charge on any atom is -0.467 e. The summed E-state index contributed by atoms with van der Waals surface area (Å²) in [6.07, 6.45) is 4.16. The number of methoxy groups -OCH3 is 1. The van der Waals surface area contributed by atoms with E-state index < -0.39 is 23.3 Å². The molecule has 0 N–H and O–H groups in total. The highest BCUT2D eigenvalue weighted by molar-refractivity contribution is 6.10. The zero-order valence-corrected chi connectivity index (χ0v) is 17.9. The Kier molecular flexibility index (Phi) is 6.03. The van der Waals surface area contributed by atoms with E-state index in [4.69, 9.17) is 4.74 Å². The van der Waals surface area contributed by atoms with Crippen molar-refractivity contribution in [3.8, 4) is 0 Å². The fourth-order valence-electron chi connectivity index (χ4n) is 4.66. The van der Waals surface area contributed by atoms with Crippen molar-refractivity contribution in [2.45, 2.75) is 43.7 Å². The van der Waals surface area contributed by atoms with E-state index in [9.17, 15) is 19.2 Å². The van der Waals surface area contributed by atoms with Crippen LogP contribution >= 0.6 is 0 Å². The van der Waals surface area contributed by atoms with Gasteiger partial charge in [-0.3, -0.25) is 24.3 Å². The zero-order valence-electron chi connectivity index (χ0n) is 17.9. The Labute approximate surface area is 186 Å². The lowest BCUT2D eigenvalue weighted by molar-refractivity contribution is -0.151.